The lowest BCUT2D eigenvalue weighted by Gasteiger charge is -2.26. The molecular weight excluding hydrogens is 273 g/mol. The zero-order valence-corrected chi connectivity index (χ0v) is 12.4. The van der Waals surface area contributed by atoms with Gasteiger partial charge in [-0.3, -0.25) is 9.69 Å². The second-order valence-electron chi connectivity index (χ2n) is 5.13. The average Bonchev–Trinajstić information content (AvgIpc) is 2.27. The molecule has 0 aliphatic heterocycles. The summed E-state index contributed by atoms with van der Waals surface area (Å²) >= 11 is 0. The molecule has 1 unspecified atom stereocenters. The maximum Gasteiger partial charge on any atom is 0.401 e. The Morgan fingerprint density at radius 1 is 1.25 bits per heavy atom. The SMILES string of the molecule is CCCN(CCCC(C)(N)C(=O)OCC)CC(F)(F)F. The molecule has 120 valence electrons. The van der Waals surface area contributed by atoms with Crippen LogP contribution in [0.1, 0.15) is 40.0 Å². The summed E-state index contributed by atoms with van der Waals surface area (Å²) < 4.78 is 42.0. The third-order valence-corrected chi connectivity index (χ3v) is 2.85. The van der Waals surface area contributed by atoms with E-state index in [-0.39, 0.29) is 13.2 Å². The summed E-state index contributed by atoms with van der Waals surface area (Å²) in [5, 5.41) is 0. The molecule has 0 fully saturated rings. The predicted molar refractivity (Wildman–Crippen MR) is 71.2 cm³/mol. The number of nitrogens with zero attached hydrogens (tertiary/aromatic N) is 1. The van der Waals surface area contributed by atoms with Gasteiger partial charge in [-0.05, 0) is 46.2 Å². The minimum absolute atomic E-state index is 0.238. The molecule has 0 saturated heterocycles. The van der Waals surface area contributed by atoms with Crippen LogP contribution < -0.4 is 5.73 Å². The highest BCUT2D eigenvalue weighted by Crippen LogP contribution is 2.18. The smallest absolute Gasteiger partial charge is 0.401 e. The Bertz CT molecular complexity index is 294. The van der Waals surface area contributed by atoms with Crippen LogP contribution in [-0.2, 0) is 9.53 Å². The minimum Gasteiger partial charge on any atom is -0.465 e. The van der Waals surface area contributed by atoms with E-state index >= 15 is 0 Å². The van der Waals surface area contributed by atoms with Crippen molar-refractivity contribution in [2.24, 2.45) is 5.73 Å². The molecule has 1 atom stereocenters. The number of carbonyl (C=O) groups excluding carboxylic acids is 1. The molecule has 0 saturated carbocycles. The fraction of sp³-hybridized carbons (Fsp3) is 0.923. The molecule has 7 heteroatoms. The fourth-order valence-corrected chi connectivity index (χ4v) is 1.91. The van der Waals surface area contributed by atoms with Crippen LogP contribution in [0.2, 0.25) is 0 Å². The Balaban J connectivity index is 4.25. The summed E-state index contributed by atoms with van der Waals surface area (Å²) in [7, 11) is 0. The molecule has 0 bridgehead atoms. The molecular formula is C13H25F3N2O2. The third kappa shape index (κ3) is 8.37. The normalized spacial score (nSPS) is 15.2. The van der Waals surface area contributed by atoms with Crippen LogP contribution in [0, 0.1) is 0 Å². The lowest BCUT2D eigenvalue weighted by Crippen LogP contribution is -2.46. The molecule has 0 aromatic heterocycles. The summed E-state index contributed by atoms with van der Waals surface area (Å²) in [6.07, 6.45) is -2.85. The Kier molecular flexibility index (Phi) is 8.12. The summed E-state index contributed by atoms with van der Waals surface area (Å²) in [4.78, 5) is 12.9. The van der Waals surface area contributed by atoms with Gasteiger partial charge in [0.05, 0.1) is 13.2 Å². The van der Waals surface area contributed by atoms with Crippen molar-refractivity contribution < 1.29 is 22.7 Å². The number of alkyl halides is 3. The number of halogens is 3. The number of hydrogen-bond donors (Lipinski definition) is 1. The summed E-state index contributed by atoms with van der Waals surface area (Å²) in [5.74, 6) is -0.516. The van der Waals surface area contributed by atoms with Gasteiger partial charge in [0, 0.05) is 0 Å². The maximum absolute atomic E-state index is 12.4. The van der Waals surface area contributed by atoms with Crippen molar-refractivity contribution in [1.82, 2.24) is 4.90 Å². The van der Waals surface area contributed by atoms with Gasteiger partial charge >= 0.3 is 12.1 Å². The average molecular weight is 298 g/mol. The molecule has 20 heavy (non-hydrogen) atoms. The lowest BCUT2D eigenvalue weighted by molar-refractivity contribution is -0.150. The van der Waals surface area contributed by atoms with Crippen molar-refractivity contribution in [3.8, 4) is 0 Å². The van der Waals surface area contributed by atoms with Crippen LogP contribution in [0.3, 0.4) is 0 Å². The highest BCUT2D eigenvalue weighted by Gasteiger charge is 2.32. The Hall–Kier alpha value is -0.820. The first-order valence-corrected chi connectivity index (χ1v) is 6.87. The monoisotopic (exact) mass is 298 g/mol. The van der Waals surface area contributed by atoms with E-state index in [9.17, 15) is 18.0 Å². The van der Waals surface area contributed by atoms with Crippen molar-refractivity contribution in [2.45, 2.75) is 51.7 Å². The largest absolute Gasteiger partial charge is 0.465 e. The van der Waals surface area contributed by atoms with Gasteiger partial charge < -0.3 is 10.5 Å². The van der Waals surface area contributed by atoms with E-state index in [1.54, 1.807) is 13.8 Å². The molecule has 0 heterocycles. The Morgan fingerprint density at radius 2 is 1.85 bits per heavy atom. The zero-order chi connectivity index (χ0) is 15.8. The lowest BCUT2D eigenvalue weighted by atomic mass is 9.97. The molecule has 0 aliphatic rings. The molecule has 0 radical (unpaired) electrons. The van der Waals surface area contributed by atoms with E-state index < -0.39 is 24.2 Å². The minimum atomic E-state index is -4.21. The molecule has 0 aliphatic carbocycles. The number of nitrogens with two attached hydrogens (primary N) is 1. The molecule has 2 N–H and O–H groups in total. The highest BCUT2D eigenvalue weighted by molar-refractivity contribution is 5.79. The van der Waals surface area contributed by atoms with Gasteiger partial charge in [-0.25, -0.2) is 0 Å². The van der Waals surface area contributed by atoms with Gasteiger partial charge in [0.25, 0.3) is 0 Å². The number of rotatable bonds is 9. The first kappa shape index (κ1) is 19.2. The zero-order valence-electron chi connectivity index (χ0n) is 12.4. The van der Waals surface area contributed by atoms with Crippen molar-refractivity contribution in [2.75, 3.05) is 26.2 Å². The summed E-state index contributed by atoms with van der Waals surface area (Å²) in [6, 6.07) is 0. The van der Waals surface area contributed by atoms with Crippen LogP contribution in [0.25, 0.3) is 0 Å². The molecule has 0 amide bonds. The van der Waals surface area contributed by atoms with Crippen molar-refractivity contribution in [3.63, 3.8) is 0 Å². The maximum atomic E-state index is 12.4. The van der Waals surface area contributed by atoms with E-state index in [1.165, 1.54) is 4.90 Å². The third-order valence-electron chi connectivity index (χ3n) is 2.85. The quantitative estimate of drug-likeness (QED) is 0.664. The van der Waals surface area contributed by atoms with Crippen molar-refractivity contribution in [1.29, 1.82) is 0 Å². The Morgan fingerprint density at radius 3 is 2.30 bits per heavy atom. The van der Waals surface area contributed by atoms with Crippen molar-refractivity contribution >= 4 is 5.97 Å². The van der Waals surface area contributed by atoms with Gasteiger partial charge in [0.2, 0.25) is 0 Å². The van der Waals surface area contributed by atoms with Crippen molar-refractivity contribution in [3.05, 3.63) is 0 Å². The van der Waals surface area contributed by atoms with E-state index in [0.29, 0.717) is 25.8 Å². The highest BCUT2D eigenvalue weighted by atomic mass is 19.4. The Labute approximate surface area is 118 Å². The van der Waals surface area contributed by atoms with Gasteiger partial charge in [0.15, 0.2) is 0 Å². The first-order valence-electron chi connectivity index (χ1n) is 6.87. The second kappa shape index (κ2) is 8.46. The molecule has 0 spiro atoms. The number of esters is 1. The topological polar surface area (TPSA) is 55.6 Å². The number of ether oxygens (including phenoxy) is 1. The van der Waals surface area contributed by atoms with Gasteiger partial charge in [-0.2, -0.15) is 13.2 Å². The number of carbonyl (C=O) groups is 1. The molecule has 0 rings (SSSR count). The van der Waals surface area contributed by atoms with Crippen LogP contribution in [0.5, 0.6) is 0 Å². The standard InChI is InChI=1S/C13H25F3N2O2/c1-4-8-18(10-13(14,15)16)9-6-7-12(3,17)11(19)20-5-2/h4-10,17H2,1-3H3. The second-order valence-corrected chi connectivity index (χ2v) is 5.13. The van der Waals surface area contributed by atoms with E-state index in [1.807, 2.05) is 6.92 Å². The molecule has 0 aromatic carbocycles. The molecule has 4 nitrogen and oxygen atoms in total. The van der Waals surface area contributed by atoms with E-state index in [4.69, 9.17) is 10.5 Å². The fourth-order valence-electron chi connectivity index (χ4n) is 1.91. The molecule has 0 aromatic rings. The van der Waals surface area contributed by atoms with Gasteiger partial charge in [-0.15, -0.1) is 0 Å². The van der Waals surface area contributed by atoms with Crippen LogP contribution in [0.4, 0.5) is 13.2 Å². The summed E-state index contributed by atoms with van der Waals surface area (Å²) in [6.45, 7) is 5.00. The summed E-state index contributed by atoms with van der Waals surface area (Å²) in [5.41, 5.74) is 4.67. The first-order chi connectivity index (χ1) is 9.12. The van der Waals surface area contributed by atoms with Gasteiger partial charge in [-0.1, -0.05) is 6.92 Å². The van der Waals surface area contributed by atoms with Crippen LogP contribution in [-0.4, -0.2) is 48.8 Å². The van der Waals surface area contributed by atoms with Crippen LogP contribution >= 0.6 is 0 Å². The van der Waals surface area contributed by atoms with E-state index in [2.05, 4.69) is 0 Å². The predicted octanol–water partition coefficient (Wildman–Crippen LogP) is 2.32. The van der Waals surface area contributed by atoms with Crippen LogP contribution in [0.15, 0.2) is 0 Å². The van der Waals surface area contributed by atoms with E-state index in [0.717, 1.165) is 0 Å². The van der Waals surface area contributed by atoms with Gasteiger partial charge in [0.1, 0.15) is 5.54 Å². The number of hydrogen-bond acceptors (Lipinski definition) is 4.